The Balaban J connectivity index is 2.14. The van der Waals surface area contributed by atoms with Gasteiger partial charge >= 0.3 is 0 Å². The van der Waals surface area contributed by atoms with Crippen LogP contribution in [0.25, 0.3) is 0 Å². The summed E-state index contributed by atoms with van der Waals surface area (Å²) in [6.45, 7) is 9.72. The van der Waals surface area contributed by atoms with Crippen molar-refractivity contribution in [2.75, 3.05) is 19.8 Å². The van der Waals surface area contributed by atoms with Crippen molar-refractivity contribution in [1.29, 1.82) is 0 Å². The van der Waals surface area contributed by atoms with Crippen LogP contribution in [0.5, 0.6) is 0 Å². The Hall–Kier alpha value is -0.860. The van der Waals surface area contributed by atoms with Crippen LogP contribution in [0.3, 0.4) is 0 Å². The third-order valence-corrected chi connectivity index (χ3v) is 4.24. The lowest BCUT2D eigenvalue weighted by Gasteiger charge is -2.31. The van der Waals surface area contributed by atoms with Crippen molar-refractivity contribution >= 4 is 0 Å². The van der Waals surface area contributed by atoms with Crippen LogP contribution >= 0.6 is 0 Å². The lowest BCUT2D eigenvalue weighted by Crippen LogP contribution is -2.34. The largest absolute Gasteiger partial charge is 0.381 e. The molecule has 2 atom stereocenters. The molecule has 21 heavy (non-hydrogen) atoms. The van der Waals surface area contributed by atoms with Crippen LogP contribution in [0.15, 0.2) is 24.3 Å². The summed E-state index contributed by atoms with van der Waals surface area (Å²) in [5.41, 5.74) is 2.90. The van der Waals surface area contributed by atoms with Crippen molar-refractivity contribution in [3.63, 3.8) is 0 Å². The molecule has 0 amide bonds. The van der Waals surface area contributed by atoms with Crippen molar-refractivity contribution in [2.24, 2.45) is 11.8 Å². The number of ether oxygens (including phenoxy) is 1. The summed E-state index contributed by atoms with van der Waals surface area (Å²) in [6.07, 6.45) is 4.81. The Labute approximate surface area is 130 Å². The maximum Gasteiger partial charge on any atom is 0.0512 e. The quantitative estimate of drug-likeness (QED) is 0.805. The van der Waals surface area contributed by atoms with E-state index in [0.29, 0.717) is 17.9 Å². The standard InChI is InChI=1S/C19H31NO/c1-4-10-20-19(18-9-6-11-21-14-18)17-8-5-7-16(13-17)12-15(2)3/h5,7-8,13,15,18-20H,4,6,9-12,14H2,1-3H3. The average Bonchev–Trinajstić information content (AvgIpc) is 2.48. The van der Waals surface area contributed by atoms with Crippen LogP contribution in [-0.4, -0.2) is 19.8 Å². The van der Waals surface area contributed by atoms with E-state index in [4.69, 9.17) is 4.74 Å². The molecule has 2 unspecified atom stereocenters. The first-order chi connectivity index (χ1) is 10.2. The van der Waals surface area contributed by atoms with Crippen molar-refractivity contribution in [2.45, 2.75) is 52.5 Å². The topological polar surface area (TPSA) is 21.3 Å². The van der Waals surface area contributed by atoms with Crippen LogP contribution in [0.4, 0.5) is 0 Å². The zero-order chi connectivity index (χ0) is 15.1. The van der Waals surface area contributed by atoms with E-state index in [0.717, 1.165) is 26.2 Å². The van der Waals surface area contributed by atoms with Crippen LogP contribution in [0.1, 0.15) is 57.2 Å². The van der Waals surface area contributed by atoms with Crippen molar-refractivity contribution in [3.05, 3.63) is 35.4 Å². The number of nitrogens with one attached hydrogen (secondary N) is 1. The van der Waals surface area contributed by atoms with E-state index in [2.05, 4.69) is 50.4 Å². The molecule has 1 heterocycles. The van der Waals surface area contributed by atoms with Gasteiger partial charge in [0.25, 0.3) is 0 Å². The highest BCUT2D eigenvalue weighted by atomic mass is 16.5. The van der Waals surface area contributed by atoms with Gasteiger partial charge in [0.1, 0.15) is 0 Å². The fourth-order valence-electron chi connectivity index (χ4n) is 3.27. The maximum atomic E-state index is 5.72. The number of rotatable bonds is 7. The number of hydrogen-bond donors (Lipinski definition) is 1. The first-order valence-corrected chi connectivity index (χ1v) is 8.60. The fraction of sp³-hybridized carbons (Fsp3) is 0.684. The Morgan fingerprint density at radius 1 is 1.33 bits per heavy atom. The molecule has 1 aliphatic rings. The SMILES string of the molecule is CCCNC(c1cccc(CC(C)C)c1)C1CCCOC1. The van der Waals surface area contributed by atoms with Gasteiger partial charge in [-0.05, 0) is 49.3 Å². The molecule has 0 aliphatic carbocycles. The van der Waals surface area contributed by atoms with E-state index in [1.165, 1.54) is 30.4 Å². The van der Waals surface area contributed by atoms with Crippen LogP contribution in [0, 0.1) is 11.8 Å². The van der Waals surface area contributed by atoms with Gasteiger partial charge in [0.15, 0.2) is 0 Å². The van der Waals surface area contributed by atoms with E-state index in [1.54, 1.807) is 0 Å². The summed E-state index contributed by atoms with van der Waals surface area (Å²) in [4.78, 5) is 0. The molecule has 2 rings (SSSR count). The Morgan fingerprint density at radius 2 is 2.19 bits per heavy atom. The van der Waals surface area contributed by atoms with Crippen LogP contribution in [-0.2, 0) is 11.2 Å². The highest BCUT2D eigenvalue weighted by Crippen LogP contribution is 2.29. The molecule has 0 spiro atoms. The minimum Gasteiger partial charge on any atom is -0.381 e. The van der Waals surface area contributed by atoms with Gasteiger partial charge in [0.2, 0.25) is 0 Å². The average molecular weight is 289 g/mol. The van der Waals surface area contributed by atoms with Gasteiger partial charge in [-0.2, -0.15) is 0 Å². The predicted molar refractivity (Wildman–Crippen MR) is 89.6 cm³/mol. The molecule has 1 saturated heterocycles. The molecule has 1 aromatic carbocycles. The zero-order valence-corrected chi connectivity index (χ0v) is 13.9. The number of hydrogen-bond acceptors (Lipinski definition) is 2. The molecular weight excluding hydrogens is 258 g/mol. The second-order valence-corrected chi connectivity index (χ2v) is 6.75. The molecule has 0 saturated carbocycles. The molecule has 2 nitrogen and oxygen atoms in total. The predicted octanol–water partition coefficient (Wildman–Crippen LogP) is 4.35. The van der Waals surface area contributed by atoms with Gasteiger partial charge in [-0.1, -0.05) is 45.0 Å². The monoisotopic (exact) mass is 289 g/mol. The summed E-state index contributed by atoms with van der Waals surface area (Å²) >= 11 is 0. The van der Waals surface area contributed by atoms with Crippen LogP contribution < -0.4 is 5.32 Å². The van der Waals surface area contributed by atoms with Crippen molar-refractivity contribution in [3.8, 4) is 0 Å². The van der Waals surface area contributed by atoms with E-state index in [1.807, 2.05) is 0 Å². The molecule has 0 aromatic heterocycles. The minimum atomic E-state index is 0.442. The van der Waals surface area contributed by atoms with Gasteiger partial charge in [-0.25, -0.2) is 0 Å². The first-order valence-electron chi connectivity index (χ1n) is 8.60. The molecule has 0 bridgehead atoms. The smallest absolute Gasteiger partial charge is 0.0512 e. The molecule has 1 aliphatic heterocycles. The third kappa shape index (κ3) is 5.12. The van der Waals surface area contributed by atoms with E-state index < -0.39 is 0 Å². The molecule has 1 aromatic rings. The zero-order valence-electron chi connectivity index (χ0n) is 13.9. The Bertz CT molecular complexity index is 410. The molecule has 0 radical (unpaired) electrons. The van der Waals surface area contributed by atoms with E-state index in [-0.39, 0.29) is 0 Å². The molecule has 1 N–H and O–H groups in total. The van der Waals surface area contributed by atoms with Gasteiger partial charge in [-0.15, -0.1) is 0 Å². The lowest BCUT2D eigenvalue weighted by atomic mass is 9.87. The fourth-order valence-corrected chi connectivity index (χ4v) is 3.27. The molecular formula is C19H31NO. The Kier molecular flexibility index (Phi) is 6.72. The number of benzene rings is 1. The summed E-state index contributed by atoms with van der Waals surface area (Å²) in [6, 6.07) is 9.61. The Morgan fingerprint density at radius 3 is 2.86 bits per heavy atom. The van der Waals surface area contributed by atoms with E-state index in [9.17, 15) is 0 Å². The molecule has 1 fully saturated rings. The maximum absolute atomic E-state index is 5.72. The van der Waals surface area contributed by atoms with Gasteiger partial charge in [0.05, 0.1) is 6.61 Å². The highest BCUT2D eigenvalue weighted by Gasteiger charge is 2.25. The summed E-state index contributed by atoms with van der Waals surface area (Å²) in [5.74, 6) is 1.32. The van der Waals surface area contributed by atoms with Crippen LogP contribution in [0.2, 0.25) is 0 Å². The second-order valence-electron chi connectivity index (χ2n) is 6.75. The third-order valence-electron chi connectivity index (χ3n) is 4.24. The summed E-state index contributed by atoms with van der Waals surface area (Å²) in [5, 5.41) is 3.76. The van der Waals surface area contributed by atoms with Crippen molar-refractivity contribution in [1.82, 2.24) is 5.32 Å². The summed E-state index contributed by atoms with van der Waals surface area (Å²) in [7, 11) is 0. The van der Waals surface area contributed by atoms with Gasteiger partial charge in [-0.3, -0.25) is 0 Å². The minimum absolute atomic E-state index is 0.442. The first kappa shape index (κ1) is 16.5. The molecule has 118 valence electrons. The van der Waals surface area contributed by atoms with Gasteiger partial charge < -0.3 is 10.1 Å². The highest BCUT2D eigenvalue weighted by molar-refractivity contribution is 5.27. The van der Waals surface area contributed by atoms with Gasteiger partial charge in [0, 0.05) is 18.6 Å². The lowest BCUT2D eigenvalue weighted by molar-refractivity contribution is 0.0390. The van der Waals surface area contributed by atoms with E-state index >= 15 is 0 Å². The van der Waals surface area contributed by atoms with Crippen molar-refractivity contribution < 1.29 is 4.74 Å². The molecule has 2 heteroatoms. The second kappa shape index (κ2) is 8.55. The summed E-state index contributed by atoms with van der Waals surface area (Å²) < 4.78 is 5.72. The normalized spacial score (nSPS) is 20.7.